The fourth-order valence-corrected chi connectivity index (χ4v) is 4.84. The highest BCUT2D eigenvalue weighted by Crippen LogP contribution is 2.63. The van der Waals surface area contributed by atoms with Gasteiger partial charge in [0.1, 0.15) is 0 Å². The molecule has 3 atom stereocenters. The number of hydrogen-bond donors (Lipinski definition) is 0. The van der Waals surface area contributed by atoms with Crippen molar-refractivity contribution < 1.29 is 9.59 Å². The van der Waals surface area contributed by atoms with Crippen LogP contribution in [-0.2, 0) is 9.59 Å². The van der Waals surface area contributed by atoms with Gasteiger partial charge in [0, 0.05) is 16.2 Å². The molecule has 0 saturated heterocycles. The molecule has 0 spiro atoms. The molecule has 0 aliphatic heterocycles. The lowest BCUT2D eigenvalue weighted by atomic mass is 9.46. The van der Waals surface area contributed by atoms with Gasteiger partial charge < -0.3 is 4.79 Å². The lowest BCUT2D eigenvalue weighted by Gasteiger charge is -2.57. The Morgan fingerprint density at radius 1 is 1.23 bits per heavy atom. The Labute approximate surface area is 131 Å². The maximum atomic E-state index is 12.6. The number of Topliss-reactive ketones (excluding diaryl/α,β-unsaturated/α-hetero) is 1. The third kappa shape index (κ3) is 1.73. The Hall–Kier alpha value is -1.95. The first-order valence-electron chi connectivity index (χ1n) is 7.76. The predicted molar refractivity (Wildman–Crippen MR) is 84.6 cm³/mol. The largest absolute Gasteiger partial charge is 0.307 e. The Morgan fingerprint density at radius 3 is 2.55 bits per heavy atom. The van der Waals surface area contributed by atoms with Crippen molar-refractivity contribution in [3.63, 3.8) is 0 Å². The topological polar surface area (TPSA) is 38.5 Å². The first-order valence-corrected chi connectivity index (χ1v) is 7.76. The van der Waals surface area contributed by atoms with Crippen LogP contribution in [0.4, 0.5) is 0 Å². The summed E-state index contributed by atoms with van der Waals surface area (Å²) >= 11 is 0. The summed E-state index contributed by atoms with van der Waals surface area (Å²) in [4.78, 5) is 28.0. The smallest absolute Gasteiger partial charge is 0.226 e. The summed E-state index contributed by atoms with van der Waals surface area (Å²) in [5.41, 5.74) is 0.140. The van der Waals surface area contributed by atoms with Crippen LogP contribution in [0.15, 0.2) is 35.6 Å². The third-order valence-corrected chi connectivity index (χ3v) is 6.02. The summed E-state index contributed by atoms with van der Waals surface area (Å²) in [6.07, 6.45) is 9.06. The van der Waals surface area contributed by atoms with Gasteiger partial charge in [-0.1, -0.05) is 39.8 Å². The van der Waals surface area contributed by atoms with E-state index in [-0.39, 0.29) is 28.6 Å². The van der Waals surface area contributed by atoms with Crippen molar-refractivity contribution in [3.05, 3.63) is 47.0 Å². The molecule has 3 aliphatic rings. The molecule has 0 radical (unpaired) electrons. The molecule has 0 N–H and O–H groups in total. The predicted octanol–water partition coefficient (Wildman–Crippen LogP) is 3.89. The zero-order valence-corrected chi connectivity index (χ0v) is 13.6. The van der Waals surface area contributed by atoms with Gasteiger partial charge in [-0.3, -0.25) is 4.79 Å². The molecule has 0 aromatic carbocycles. The first-order chi connectivity index (χ1) is 10.1. The minimum atomic E-state index is -0.574. The van der Waals surface area contributed by atoms with Crippen molar-refractivity contribution in [1.82, 2.24) is 0 Å². The normalized spacial score (nSPS) is 39.3. The maximum Gasteiger partial charge on any atom is 0.226 e. The fourth-order valence-electron chi connectivity index (χ4n) is 4.84. The standard InChI is InChI=1S/C19H21NO2/c1-17(2)14-7-9-18(3)8-6-12(21)10-15(18)19(14,4)11-13(20-5)16(17)22/h6,8,10-11,14H,7,9H2,1-4H3/t14-,18-,19+/m1/s1. The maximum absolute atomic E-state index is 12.6. The molecule has 22 heavy (non-hydrogen) atoms. The molecule has 3 rings (SSSR count). The van der Waals surface area contributed by atoms with E-state index >= 15 is 0 Å². The molecule has 0 amide bonds. The van der Waals surface area contributed by atoms with Crippen LogP contribution in [0.3, 0.4) is 0 Å². The van der Waals surface area contributed by atoms with Crippen LogP contribution in [0.2, 0.25) is 0 Å². The highest BCUT2D eigenvalue weighted by Gasteiger charge is 2.57. The van der Waals surface area contributed by atoms with Crippen LogP contribution in [0.25, 0.3) is 4.85 Å². The summed E-state index contributed by atoms with van der Waals surface area (Å²) in [5, 5.41) is 0. The molecule has 0 unspecified atom stereocenters. The number of fused-ring (bicyclic) bond motifs is 3. The molecule has 114 valence electrons. The molecule has 0 aromatic heterocycles. The second-order valence-electron chi connectivity index (χ2n) is 7.78. The highest BCUT2D eigenvalue weighted by atomic mass is 16.1. The van der Waals surface area contributed by atoms with Crippen LogP contribution in [-0.4, -0.2) is 11.6 Å². The second-order valence-corrected chi connectivity index (χ2v) is 7.78. The van der Waals surface area contributed by atoms with Crippen molar-refractivity contribution in [3.8, 4) is 0 Å². The van der Waals surface area contributed by atoms with E-state index in [1.165, 1.54) is 0 Å². The molecule has 0 aromatic rings. The summed E-state index contributed by atoms with van der Waals surface area (Å²) in [5.74, 6) is 0.0605. The fraction of sp³-hybridized carbons (Fsp3) is 0.526. The van der Waals surface area contributed by atoms with Gasteiger partial charge >= 0.3 is 0 Å². The minimum absolute atomic E-state index is 0.00168. The van der Waals surface area contributed by atoms with Gasteiger partial charge in [-0.05, 0) is 36.5 Å². The number of rotatable bonds is 0. The quantitative estimate of drug-likeness (QED) is 0.636. The first kappa shape index (κ1) is 15.0. The zero-order valence-electron chi connectivity index (χ0n) is 13.6. The van der Waals surface area contributed by atoms with Crippen LogP contribution in [0.1, 0.15) is 40.5 Å². The van der Waals surface area contributed by atoms with Crippen molar-refractivity contribution >= 4 is 11.6 Å². The number of hydrogen-bond acceptors (Lipinski definition) is 2. The highest BCUT2D eigenvalue weighted by molar-refractivity contribution is 6.04. The number of carbonyl (C=O) groups is 2. The monoisotopic (exact) mass is 295 g/mol. The Balaban J connectivity index is 2.26. The second kappa shape index (κ2) is 4.29. The van der Waals surface area contributed by atoms with Gasteiger partial charge in [-0.25, -0.2) is 4.85 Å². The van der Waals surface area contributed by atoms with Gasteiger partial charge in [0.05, 0.1) is 6.57 Å². The molecule has 0 heterocycles. The van der Waals surface area contributed by atoms with E-state index < -0.39 is 10.8 Å². The van der Waals surface area contributed by atoms with E-state index in [9.17, 15) is 9.59 Å². The minimum Gasteiger partial charge on any atom is -0.307 e. The van der Waals surface area contributed by atoms with E-state index in [1.54, 1.807) is 12.2 Å². The summed E-state index contributed by atoms with van der Waals surface area (Å²) < 4.78 is 0. The summed E-state index contributed by atoms with van der Waals surface area (Å²) in [7, 11) is 0. The van der Waals surface area contributed by atoms with Crippen molar-refractivity contribution in [2.45, 2.75) is 40.5 Å². The third-order valence-electron chi connectivity index (χ3n) is 6.02. The van der Waals surface area contributed by atoms with Gasteiger partial charge in [0.25, 0.3) is 0 Å². The van der Waals surface area contributed by atoms with Crippen LogP contribution in [0.5, 0.6) is 0 Å². The molecular formula is C19H21NO2. The van der Waals surface area contributed by atoms with Gasteiger partial charge in [-0.2, -0.15) is 0 Å². The van der Waals surface area contributed by atoms with Crippen molar-refractivity contribution in [2.75, 3.05) is 0 Å². The van der Waals surface area contributed by atoms with E-state index in [4.69, 9.17) is 6.57 Å². The van der Waals surface area contributed by atoms with Crippen LogP contribution < -0.4 is 0 Å². The molecule has 1 fully saturated rings. The van der Waals surface area contributed by atoms with E-state index in [0.29, 0.717) is 0 Å². The average molecular weight is 295 g/mol. The Morgan fingerprint density at radius 2 is 1.91 bits per heavy atom. The zero-order chi connectivity index (χ0) is 16.3. The Kier molecular flexibility index (Phi) is 2.92. The number of allylic oxidation sites excluding steroid dienone is 6. The lowest BCUT2D eigenvalue weighted by Crippen LogP contribution is -2.52. The molecule has 0 bridgehead atoms. The van der Waals surface area contributed by atoms with Crippen molar-refractivity contribution in [1.29, 1.82) is 0 Å². The van der Waals surface area contributed by atoms with Crippen LogP contribution >= 0.6 is 0 Å². The van der Waals surface area contributed by atoms with E-state index in [0.717, 1.165) is 18.4 Å². The average Bonchev–Trinajstić information content (AvgIpc) is 2.45. The van der Waals surface area contributed by atoms with Gasteiger partial charge in [0.15, 0.2) is 11.6 Å². The van der Waals surface area contributed by atoms with Crippen LogP contribution in [0, 0.1) is 28.7 Å². The van der Waals surface area contributed by atoms with E-state index in [1.807, 2.05) is 26.0 Å². The molecule has 3 aliphatic carbocycles. The van der Waals surface area contributed by atoms with Gasteiger partial charge in [0.2, 0.25) is 5.70 Å². The molecular weight excluding hydrogens is 274 g/mol. The number of nitrogens with zero attached hydrogens (tertiary/aromatic N) is 1. The Bertz CT molecular complexity index is 716. The number of ketones is 2. The summed E-state index contributed by atoms with van der Waals surface area (Å²) in [6, 6.07) is 0. The van der Waals surface area contributed by atoms with Crippen molar-refractivity contribution in [2.24, 2.45) is 22.2 Å². The SMILES string of the molecule is [C-]#[N+]C1=C[C@]2(C)C3=CC(=O)C=C[C@]3(C)CC[C@@H]2C(C)(C)C1=O. The lowest BCUT2D eigenvalue weighted by molar-refractivity contribution is -0.130. The summed E-state index contributed by atoms with van der Waals surface area (Å²) in [6.45, 7) is 15.5. The van der Waals surface area contributed by atoms with E-state index in [2.05, 4.69) is 18.7 Å². The number of carbonyl (C=O) groups excluding carboxylic acids is 2. The molecule has 3 nitrogen and oxygen atoms in total. The molecule has 1 saturated carbocycles. The molecule has 3 heteroatoms. The van der Waals surface area contributed by atoms with Gasteiger partial charge in [-0.15, -0.1) is 0 Å².